The minimum atomic E-state index is -0.964. The zero-order chi connectivity index (χ0) is 22.7. The van der Waals surface area contributed by atoms with E-state index in [1.165, 1.54) is 0 Å². The maximum absolute atomic E-state index is 12.7. The molecule has 7 heteroatoms. The Balaban J connectivity index is 1.63. The van der Waals surface area contributed by atoms with Crippen LogP contribution in [0.15, 0.2) is 60.9 Å². The minimum absolute atomic E-state index is 0.183. The molecule has 2 N–H and O–H groups in total. The van der Waals surface area contributed by atoms with Gasteiger partial charge in [0.2, 0.25) is 0 Å². The van der Waals surface area contributed by atoms with Crippen molar-refractivity contribution in [3.05, 3.63) is 83.4 Å². The SMILES string of the molecule is CCCc1cc(C(=O)NCc2ccc(-c3cccc(C(=O)O)c3)c3ccncc23)n(C)n1. The molecule has 0 fully saturated rings. The lowest BCUT2D eigenvalue weighted by Crippen LogP contribution is -2.25. The van der Waals surface area contributed by atoms with E-state index in [2.05, 4.69) is 22.3 Å². The molecule has 0 aliphatic heterocycles. The summed E-state index contributed by atoms with van der Waals surface area (Å²) in [6.07, 6.45) is 5.28. The lowest BCUT2D eigenvalue weighted by molar-refractivity contribution is 0.0696. The summed E-state index contributed by atoms with van der Waals surface area (Å²) >= 11 is 0. The third-order valence-corrected chi connectivity index (χ3v) is 5.44. The molecule has 2 heterocycles. The molecular weight excluding hydrogens is 404 g/mol. The number of aromatic carboxylic acids is 1. The maximum Gasteiger partial charge on any atom is 0.335 e. The van der Waals surface area contributed by atoms with Gasteiger partial charge in [0.1, 0.15) is 5.69 Å². The monoisotopic (exact) mass is 428 g/mol. The standard InChI is InChI=1S/C25H24N4O3/c1-3-5-19-13-23(29(2)28-19)24(30)27-14-18-8-9-20(21-10-11-26-15-22(18)21)16-6-4-7-17(12-16)25(31)32/h4,6-13,15H,3,5,14H2,1-2H3,(H,27,30)(H,31,32). The average Bonchev–Trinajstić information content (AvgIpc) is 3.17. The van der Waals surface area contributed by atoms with Crippen LogP contribution in [0, 0.1) is 0 Å². The van der Waals surface area contributed by atoms with E-state index in [1.807, 2.05) is 30.3 Å². The van der Waals surface area contributed by atoms with Gasteiger partial charge >= 0.3 is 5.97 Å². The number of hydrogen-bond acceptors (Lipinski definition) is 4. The summed E-state index contributed by atoms with van der Waals surface area (Å²) in [4.78, 5) is 28.4. The number of aryl methyl sites for hydroxylation is 2. The highest BCUT2D eigenvalue weighted by Gasteiger charge is 2.15. The number of amides is 1. The number of nitrogens with zero attached hydrogens (tertiary/aromatic N) is 3. The Labute approximate surface area is 185 Å². The fraction of sp³-hybridized carbons (Fsp3) is 0.200. The predicted octanol–water partition coefficient (Wildman–Crippen LogP) is 4.22. The average molecular weight is 428 g/mol. The first-order chi connectivity index (χ1) is 15.5. The number of carbonyl (C=O) groups is 2. The number of carbonyl (C=O) groups excluding carboxylic acids is 1. The van der Waals surface area contributed by atoms with Crippen molar-refractivity contribution in [2.24, 2.45) is 7.05 Å². The maximum atomic E-state index is 12.7. The van der Waals surface area contributed by atoms with Gasteiger partial charge in [-0.1, -0.05) is 37.6 Å². The van der Waals surface area contributed by atoms with E-state index < -0.39 is 5.97 Å². The smallest absolute Gasteiger partial charge is 0.335 e. The lowest BCUT2D eigenvalue weighted by Gasteiger charge is -2.12. The van der Waals surface area contributed by atoms with Gasteiger partial charge in [-0.2, -0.15) is 5.10 Å². The number of rotatable bonds is 7. The van der Waals surface area contributed by atoms with E-state index in [9.17, 15) is 14.7 Å². The Morgan fingerprint density at radius 3 is 2.72 bits per heavy atom. The van der Waals surface area contributed by atoms with E-state index in [0.717, 1.165) is 46.0 Å². The van der Waals surface area contributed by atoms with Crippen molar-refractivity contribution in [1.29, 1.82) is 0 Å². The van der Waals surface area contributed by atoms with Crippen molar-refractivity contribution in [1.82, 2.24) is 20.1 Å². The van der Waals surface area contributed by atoms with Crippen molar-refractivity contribution in [2.75, 3.05) is 0 Å². The molecule has 0 aliphatic carbocycles. The summed E-state index contributed by atoms with van der Waals surface area (Å²) in [5.74, 6) is -1.15. The van der Waals surface area contributed by atoms with Crippen molar-refractivity contribution in [3.8, 4) is 11.1 Å². The number of carboxylic acids is 1. The quantitative estimate of drug-likeness (QED) is 0.459. The highest BCUT2D eigenvalue weighted by molar-refractivity contribution is 6.00. The summed E-state index contributed by atoms with van der Waals surface area (Å²) in [5, 5.41) is 18.6. The zero-order valence-electron chi connectivity index (χ0n) is 18.0. The molecule has 162 valence electrons. The molecule has 0 radical (unpaired) electrons. The van der Waals surface area contributed by atoms with Crippen molar-refractivity contribution in [3.63, 3.8) is 0 Å². The Bertz CT molecular complexity index is 1310. The first-order valence-electron chi connectivity index (χ1n) is 10.5. The number of pyridine rings is 1. The van der Waals surface area contributed by atoms with Crippen LogP contribution in [0.2, 0.25) is 0 Å². The van der Waals surface area contributed by atoms with Crippen LogP contribution in [-0.2, 0) is 20.0 Å². The number of benzene rings is 2. The topological polar surface area (TPSA) is 97.1 Å². The van der Waals surface area contributed by atoms with E-state index in [4.69, 9.17) is 0 Å². The zero-order valence-corrected chi connectivity index (χ0v) is 18.0. The summed E-state index contributed by atoms with van der Waals surface area (Å²) in [6.45, 7) is 2.42. The van der Waals surface area contributed by atoms with Crippen LogP contribution >= 0.6 is 0 Å². The third kappa shape index (κ3) is 4.23. The van der Waals surface area contributed by atoms with Crippen LogP contribution in [0.5, 0.6) is 0 Å². The molecular formula is C25H24N4O3. The first kappa shape index (κ1) is 21.2. The molecule has 0 saturated carbocycles. The molecule has 32 heavy (non-hydrogen) atoms. The fourth-order valence-electron chi connectivity index (χ4n) is 3.86. The molecule has 2 aromatic carbocycles. The van der Waals surface area contributed by atoms with Gasteiger partial charge < -0.3 is 10.4 Å². The molecule has 0 bridgehead atoms. The second-order valence-corrected chi connectivity index (χ2v) is 7.66. The van der Waals surface area contributed by atoms with E-state index in [0.29, 0.717) is 12.2 Å². The second-order valence-electron chi connectivity index (χ2n) is 7.66. The van der Waals surface area contributed by atoms with E-state index in [-0.39, 0.29) is 11.5 Å². The summed E-state index contributed by atoms with van der Waals surface area (Å²) in [5.41, 5.74) is 4.32. The summed E-state index contributed by atoms with van der Waals surface area (Å²) in [7, 11) is 1.77. The van der Waals surface area contributed by atoms with Crippen molar-refractivity contribution < 1.29 is 14.7 Å². The highest BCUT2D eigenvalue weighted by atomic mass is 16.4. The number of hydrogen-bond donors (Lipinski definition) is 2. The van der Waals surface area contributed by atoms with Gasteiger partial charge in [0.25, 0.3) is 5.91 Å². The summed E-state index contributed by atoms with van der Waals surface area (Å²) < 4.78 is 1.61. The highest BCUT2D eigenvalue weighted by Crippen LogP contribution is 2.31. The summed E-state index contributed by atoms with van der Waals surface area (Å²) in [6, 6.07) is 14.5. The molecule has 0 atom stereocenters. The van der Waals surface area contributed by atoms with Crippen LogP contribution < -0.4 is 5.32 Å². The fourth-order valence-corrected chi connectivity index (χ4v) is 3.86. The van der Waals surface area contributed by atoms with Crippen LogP contribution in [0.4, 0.5) is 0 Å². The number of nitrogens with one attached hydrogen (secondary N) is 1. The normalized spacial score (nSPS) is 10.9. The molecule has 7 nitrogen and oxygen atoms in total. The second kappa shape index (κ2) is 9.01. The molecule has 4 aromatic rings. The molecule has 0 unspecified atom stereocenters. The van der Waals surface area contributed by atoms with Crippen LogP contribution in [0.3, 0.4) is 0 Å². The van der Waals surface area contributed by atoms with Crippen molar-refractivity contribution in [2.45, 2.75) is 26.3 Å². The van der Waals surface area contributed by atoms with Crippen molar-refractivity contribution >= 4 is 22.6 Å². The Kier molecular flexibility index (Phi) is 5.98. The Morgan fingerprint density at radius 2 is 1.94 bits per heavy atom. The van der Waals surface area contributed by atoms with E-state index >= 15 is 0 Å². The number of carboxylic acid groups (broad SMARTS) is 1. The Morgan fingerprint density at radius 1 is 1.09 bits per heavy atom. The molecule has 2 aromatic heterocycles. The number of fused-ring (bicyclic) bond motifs is 1. The molecule has 1 amide bonds. The molecule has 0 spiro atoms. The third-order valence-electron chi connectivity index (χ3n) is 5.44. The number of aromatic nitrogens is 3. The molecule has 0 aliphatic rings. The Hall–Kier alpha value is -4.00. The van der Waals surface area contributed by atoms with Gasteiger partial charge in [0.15, 0.2) is 0 Å². The minimum Gasteiger partial charge on any atom is -0.478 e. The van der Waals surface area contributed by atoms with Crippen LogP contribution in [-0.4, -0.2) is 31.7 Å². The predicted molar refractivity (Wildman–Crippen MR) is 123 cm³/mol. The first-order valence-corrected chi connectivity index (χ1v) is 10.5. The van der Waals surface area contributed by atoms with Gasteiger partial charge in [-0.25, -0.2) is 4.79 Å². The molecule has 4 rings (SSSR count). The lowest BCUT2D eigenvalue weighted by atomic mass is 9.95. The van der Waals surface area contributed by atoms with Gasteiger partial charge in [-0.3, -0.25) is 14.5 Å². The van der Waals surface area contributed by atoms with Crippen LogP contribution in [0.25, 0.3) is 21.9 Å². The largest absolute Gasteiger partial charge is 0.478 e. The van der Waals surface area contributed by atoms with Crippen LogP contribution in [0.1, 0.15) is 45.4 Å². The van der Waals surface area contributed by atoms with Gasteiger partial charge in [-0.15, -0.1) is 0 Å². The van der Waals surface area contributed by atoms with Gasteiger partial charge in [0.05, 0.1) is 11.3 Å². The van der Waals surface area contributed by atoms with Gasteiger partial charge in [0, 0.05) is 31.4 Å². The van der Waals surface area contributed by atoms with E-state index in [1.54, 1.807) is 42.3 Å². The van der Waals surface area contributed by atoms with Gasteiger partial charge in [-0.05, 0) is 52.8 Å². The molecule has 0 saturated heterocycles.